The zero-order chi connectivity index (χ0) is 27.0. The minimum atomic E-state index is -0.580. The normalized spacial score (nSPS) is 21.6. The maximum absolute atomic E-state index is 13.7. The van der Waals surface area contributed by atoms with E-state index in [2.05, 4.69) is 21.4 Å². The largest absolute Gasteiger partial charge is 0.357 e. The number of amides is 3. The van der Waals surface area contributed by atoms with Crippen LogP contribution in [0.15, 0.2) is 47.8 Å². The van der Waals surface area contributed by atoms with Gasteiger partial charge in [-0.25, -0.2) is 0 Å². The zero-order valence-corrected chi connectivity index (χ0v) is 22.2. The lowest BCUT2D eigenvalue weighted by molar-refractivity contribution is -0.150. The maximum atomic E-state index is 13.7. The highest BCUT2D eigenvalue weighted by Crippen LogP contribution is 2.42. The number of benzene rings is 2. The number of hydrogen-bond donors (Lipinski definition) is 1. The molecule has 0 aliphatic carbocycles. The second-order valence-electron chi connectivity index (χ2n) is 11.1. The molecule has 3 amide bonds. The Bertz CT molecular complexity index is 1460. The highest BCUT2D eigenvalue weighted by molar-refractivity contribution is 6.00. The van der Waals surface area contributed by atoms with Crippen molar-refractivity contribution in [3.63, 3.8) is 0 Å². The lowest BCUT2D eigenvalue weighted by atomic mass is 9.72. The molecule has 3 aliphatic rings. The van der Waals surface area contributed by atoms with Crippen LogP contribution < -0.4 is 4.84 Å². The number of imide groups is 1. The molecule has 1 aromatic heterocycles. The summed E-state index contributed by atoms with van der Waals surface area (Å²) in [5, 5.41) is 12.2. The number of rotatable bonds is 5. The Morgan fingerprint density at radius 1 is 1.13 bits per heavy atom. The first-order chi connectivity index (χ1) is 18.9. The number of aromatic nitrogens is 2. The van der Waals surface area contributed by atoms with Crippen molar-refractivity contribution in [2.45, 2.75) is 57.3 Å². The molecule has 0 bridgehead atoms. The molecule has 0 saturated carbocycles. The molecular weight excluding hydrogens is 494 g/mol. The summed E-state index contributed by atoms with van der Waals surface area (Å²) in [5.41, 5.74) is 3.35. The number of carbonyl (C=O) groups is 3. The molecule has 0 radical (unpaired) electrons. The number of likely N-dealkylation sites (tertiary alicyclic amines) is 2. The van der Waals surface area contributed by atoms with Gasteiger partial charge in [0.1, 0.15) is 0 Å². The van der Waals surface area contributed by atoms with Gasteiger partial charge in [0, 0.05) is 48.8 Å². The predicted molar refractivity (Wildman–Crippen MR) is 146 cm³/mol. The van der Waals surface area contributed by atoms with Gasteiger partial charge in [-0.1, -0.05) is 29.4 Å². The summed E-state index contributed by atoms with van der Waals surface area (Å²) in [4.78, 5) is 49.4. The van der Waals surface area contributed by atoms with Gasteiger partial charge >= 0.3 is 0 Å². The topological polar surface area (TPSA) is 108 Å². The predicted octanol–water partition coefficient (Wildman–Crippen LogP) is 3.90. The molecule has 2 unspecified atom stereocenters. The smallest absolute Gasteiger partial charge is 0.230 e. The van der Waals surface area contributed by atoms with Crippen LogP contribution in [0.4, 0.5) is 0 Å². The third kappa shape index (κ3) is 4.82. The number of aryl methyl sites for hydroxylation is 1. The molecule has 1 N–H and O–H groups in total. The minimum Gasteiger partial charge on any atom is -0.357 e. The van der Waals surface area contributed by atoms with Crippen LogP contribution in [0, 0.1) is 12.8 Å². The highest BCUT2D eigenvalue weighted by atomic mass is 16.6. The SMILES string of the molecule is Cc1cc(CC(CC(=O)N2CCC3(C=NOc4ccccc43)CC2=O)C(=O)N2CCCCC2)cc2cn[nH]c12. The molecule has 4 heterocycles. The standard InChI is InChI=1S/C30H33N5O4/c1-20-13-21(15-23-18-31-33-28(20)23)14-22(29(38)34-10-5-2-6-11-34)16-26(36)35-12-9-30(17-27(35)37)19-32-39-25-8-4-3-7-24(25)30/h3-4,7-8,13,15,18-19,22H,2,5-6,9-12,14,16-17H2,1H3,(H,31,33). The average molecular weight is 528 g/mol. The van der Waals surface area contributed by atoms with Gasteiger partial charge in [-0.3, -0.25) is 24.4 Å². The van der Waals surface area contributed by atoms with E-state index in [1.807, 2.05) is 42.2 Å². The van der Waals surface area contributed by atoms with Crippen molar-refractivity contribution < 1.29 is 19.2 Å². The minimum absolute atomic E-state index is 0.000544. The first-order valence-electron chi connectivity index (χ1n) is 13.8. The van der Waals surface area contributed by atoms with Crippen LogP contribution in [-0.4, -0.2) is 63.6 Å². The van der Waals surface area contributed by atoms with Crippen molar-refractivity contribution in [2.24, 2.45) is 11.1 Å². The molecule has 2 atom stereocenters. The molecule has 202 valence electrons. The number of aromatic amines is 1. The average Bonchev–Trinajstić information content (AvgIpc) is 3.42. The van der Waals surface area contributed by atoms with Crippen LogP contribution in [0.3, 0.4) is 0 Å². The third-order valence-electron chi connectivity index (χ3n) is 8.45. The van der Waals surface area contributed by atoms with Gasteiger partial charge < -0.3 is 9.74 Å². The van der Waals surface area contributed by atoms with Gasteiger partial charge in [0.05, 0.1) is 23.8 Å². The molecule has 39 heavy (non-hydrogen) atoms. The van der Waals surface area contributed by atoms with Crippen LogP contribution in [0.1, 0.15) is 55.2 Å². The van der Waals surface area contributed by atoms with Crippen molar-refractivity contribution in [3.05, 3.63) is 59.3 Å². The van der Waals surface area contributed by atoms with Crippen LogP contribution in [0.25, 0.3) is 10.9 Å². The van der Waals surface area contributed by atoms with Crippen LogP contribution >= 0.6 is 0 Å². The Kier molecular flexibility index (Phi) is 6.66. The second kappa shape index (κ2) is 10.3. The van der Waals surface area contributed by atoms with Crippen molar-refractivity contribution in [1.29, 1.82) is 0 Å². The fraction of sp³-hybridized carbons (Fsp3) is 0.433. The number of hydrogen-bond acceptors (Lipinski definition) is 6. The van der Waals surface area contributed by atoms with Crippen LogP contribution in [0.5, 0.6) is 5.75 Å². The number of nitrogens with zero attached hydrogens (tertiary/aromatic N) is 4. The number of nitrogens with one attached hydrogen (secondary N) is 1. The summed E-state index contributed by atoms with van der Waals surface area (Å²) in [6.45, 7) is 3.73. The zero-order valence-electron chi connectivity index (χ0n) is 22.2. The number of para-hydroxylation sites is 1. The van der Waals surface area contributed by atoms with E-state index in [9.17, 15) is 14.4 Å². The number of H-pyrrole nitrogens is 1. The summed E-state index contributed by atoms with van der Waals surface area (Å²) in [5.74, 6) is -0.421. The number of oxime groups is 1. The monoisotopic (exact) mass is 527 g/mol. The van der Waals surface area contributed by atoms with Gasteiger partial charge in [-0.15, -0.1) is 0 Å². The van der Waals surface area contributed by atoms with Gasteiger partial charge in [-0.2, -0.15) is 5.10 Å². The fourth-order valence-corrected chi connectivity index (χ4v) is 6.36. The van der Waals surface area contributed by atoms with Gasteiger partial charge in [-0.05, 0) is 62.3 Å². The molecule has 2 aromatic carbocycles. The van der Waals surface area contributed by atoms with E-state index in [0.717, 1.165) is 59.9 Å². The van der Waals surface area contributed by atoms with E-state index in [1.54, 1.807) is 12.4 Å². The first kappa shape index (κ1) is 25.3. The Labute approximate surface area is 227 Å². The van der Waals surface area contributed by atoms with Gasteiger partial charge in [0.25, 0.3) is 0 Å². The van der Waals surface area contributed by atoms with Gasteiger partial charge in [0.15, 0.2) is 5.75 Å². The molecule has 2 fully saturated rings. The van der Waals surface area contributed by atoms with Crippen molar-refractivity contribution in [3.8, 4) is 5.75 Å². The number of carbonyl (C=O) groups excluding carboxylic acids is 3. The molecule has 3 aliphatic heterocycles. The fourth-order valence-electron chi connectivity index (χ4n) is 6.36. The van der Waals surface area contributed by atoms with Crippen LogP contribution in [-0.2, 0) is 26.2 Å². The van der Waals surface area contributed by atoms with E-state index in [-0.39, 0.29) is 37.1 Å². The van der Waals surface area contributed by atoms with Gasteiger partial charge in [0.2, 0.25) is 17.7 Å². The van der Waals surface area contributed by atoms with Crippen molar-refractivity contribution >= 4 is 34.8 Å². The molecule has 1 spiro atoms. The van der Waals surface area contributed by atoms with Crippen molar-refractivity contribution in [2.75, 3.05) is 19.6 Å². The van der Waals surface area contributed by atoms with E-state index >= 15 is 0 Å². The van der Waals surface area contributed by atoms with E-state index in [4.69, 9.17) is 4.84 Å². The summed E-state index contributed by atoms with van der Waals surface area (Å²) >= 11 is 0. The Morgan fingerprint density at radius 2 is 1.95 bits per heavy atom. The van der Waals surface area contributed by atoms with E-state index < -0.39 is 11.3 Å². The summed E-state index contributed by atoms with van der Waals surface area (Å²) in [6, 6.07) is 11.7. The summed E-state index contributed by atoms with van der Waals surface area (Å²) in [7, 11) is 0. The molecule has 9 nitrogen and oxygen atoms in total. The lowest BCUT2D eigenvalue weighted by Gasteiger charge is -2.40. The quantitative estimate of drug-likeness (QED) is 0.542. The molecule has 6 rings (SSSR count). The van der Waals surface area contributed by atoms with E-state index in [0.29, 0.717) is 18.6 Å². The molecular formula is C30H33N5O4. The first-order valence-corrected chi connectivity index (χ1v) is 13.8. The maximum Gasteiger partial charge on any atom is 0.230 e. The summed E-state index contributed by atoms with van der Waals surface area (Å²) < 4.78 is 0. The van der Waals surface area contributed by atoms with E-state index in [1.165, 1.54) is 4.90 Å². The molecule has 9 heteroatoms. The highest BCUT2D eigenvalue weighted by Gasteiger charge is 2.45. The Morgan fingerprint density at radius 3 is 2.77 bits per heavy atom. The lowest BCUT2D eigenvalue weighted by Crippen LogP contribution is -2.51. The van der Waals surface area contributed by atoms with Crippen LogP contribution in [0.2, 0.25) is 0 Å². The Balaban J connectivity index is 1.21. The number of fused-ring (bicyclic) bond motifs is 3. The second-order valence-corrected chi connectivity index (χ2v) is 11.1. The molecule has 2 saturated heterocycles. The molecule has 3 aromatic rings. The number of piperidine rings is 2. The summed E-state index contributed by atoms with van der Waals surface area (Å²) in [6.07, 6.45) is 7.70. The van der Waals surface area contributed by atoms with Crippen molar-refractivity contribution in [1.82, 2.24) is 20.0 Å². The Hall–Kier alpha value is -4.01. The third-order valence-corrected chi connectivity index (χ3v) is 8.45.